The number of phenolic OH excluding ortho intramolecular Hbond substituents is 1. The van der Waals surface area contributed by atoms with Gasteiger partial charge in [-0.2, -0.15) is 0 Å². The largest absolute Gasteiger partial charge is 0.507 e. The molecule has 1 unspecified atom stereocenters. The maximum atomic E-state index is 10.1. The Morgan fingerprint density at radius 2 is 1.90 bits per heavy atom. The molecule has 0 saturated heterocycles. The smallest absolute Gasteiger partial charge is 0.123 e. The van der Waals surface area contributed by atoms with E-state index in [0.717, 1.165) is 11.1 Å². The predicted molar refractivity (Wildman–Crippen MR) is 82.8 cm³/mol. The van der Waals surface area contributed by atoms with Gasteiger partial charge in [0.25, 0.3) is 0 Å². The zero-order chi connectivity index (χ0) is 15.2. The first-order valence-electron chi connectivity index (χ1n) is 6.60. The van der Waals surface area contributed by atoms with Crippen LogP contribution in [-0.4, -0.2) is 23.9 Å². The second kappa shape index (κ2) is 7.31. The summed E-state index contributed by atoms with van der Waals surface area (Å²) in [5.74, 6) is 0.778. The molecular formula is C16H18ClNO3. The molecule has 0 aliphatic heterocycles. The van der Waals surface area contributed by atoms with Crippen molar-refractivity contribution in [3.8, 4) is 11.5 Å². The van der Waals surface area contributed by atoms with Crippen LogP contribution in [0, 0.1) is 0 Å². The maximum absolute atomic E-state index is 10.1. The standard InChI is InChI=1S/C16H18ClNO3/c1-21-14-7-4-12(15(19)8-14)9-18-10-16(20)11-2-5-13(17)6-3-11/h2-8,16,18-20H,9-10H2,1H3. The van der Waals surface area contributed by atoms with E-state index in [4.69, 9.17) is 16.3 Å². The average Bonchev–Trinajstić information content (AvgIpc) is 2.49. The maximum Gasteiger partial charge on any atom is 0.123 e. The fourth-order valence-electron chi connectivity index (χ4n) is 1.97. The van der Waals surface area contributed by atoms with Gasteiger partial charge in [0.05, 0.1) is 13.2 Å². The van der Waals surface area contributed by atoms with E-state index in [1.807, 2.05) is 0 Å². The number of aliphatic hydroxyl groups excluding tert-OH is 1. The number of phenols is 1. The summed E-state index contributed by atoms with van der Waals surface area (Å²) in [6, 6.07) is 12.2. The Kier molecular flexibility index (Phi) is 5.44. The second-order valence-electron chi connectivity index (χ2n) is 4.69. The summed E-state index contributed by atoms with van der Waals surface area (Å²) in [6.07, 6.45) is -0.623. The third-order valence-electron chi connectivity index (χ3n) is 3.20. The van der Waals surface area contributed by atoms with Gasteiger partial charge in [0.2, 0.25) is 0 Å². The number of aromatic hydroxyl groups is 1. The van der Waals surface area contributed by atoms with Crippen LogP contribution in [0.25, 0.3) is 0 Å². The number of benzene rings is 2. The molecule has 2 aromatic rings. The van der Waals surface area contributed by atoms with Gasteiger partial charge in [0, 0.05) is 29.7 Å². The van der Waals surface area contributed by atoms with Crippen LogP contribution in [0.15, 0.2) is 42.5 Å². The van der Waals surface area contributed by atoms with Crippen molar-refractivity contribution >= 4 is 11.6 Å². The Morgan fingerprint density at radius 1 is 1.19 bits per heavy atom. The highest BCUT2D eigenvalue weighted by Gasteiger charge is 2.08. The molecule has 3 N–H and O–H groups in total. The van der Waals surface area contributed by atoms with E-state index < -0.39 is 6.10 Å². The molecule has 0 radical (unpaired) electrons. The van der Waals surface area contributed by atoms with E-state index in [1.54, 1.807) is 49.6 Å². The van der Waals surface area contributed by atoms with Crippen molar-refractivity contribution in [2.75, 3.05) is 13.7 Å². The van der Waals surface area contributed by atoms with E-state index >= 15 is 0 Å². The lowest BCUT2D eigenvalue weighted by Gasteiger charge is -2.13. The quantitative estimate of drug-likeness (QED) is 0.768. The van der Waals surface area contributed by atoms with E-state index in [9.17, 15) is 10.2 Å². The summed E-state index contributed by atoms with van der Waals surface area (Å²) in [5, 5.41) is 23.6. The molecule has 112 valence electrons. The third kappa shape index (κ3) is 4.36. The van der Waals surface area contributed by atoms with E-state index in [-0.39, 0.29) is 5.75 Å². The zero-order valence-electron chi connectivity index (χ0n) is 11.7. The van der Waals surface area contributed by atoms with Crippen molar-refractivity contribution in [1.82, 2.24) is 5.32 Å². The number of hydrogen-bond acceptors (Lipinski definition) is 4. The molecule has 21 heavy (non-hydrogen) atoms. The summed E-state index contributed by atoms with van der Waals surface area (Å²) in [6.45, 7) is 0.841. The van der Waals surface area contributed by atoms with Crippen LogP contribution in [0.5, 0.6) is 11.5 Å². The monoisotopic (exact) mass is 307 g/mol. The molecule has 2 aromatic carbocycles. The van der Waals surface area contributed by atoms with Crippen LogP contribution < -0.4 is 10.1 Å². The highest BCUT2D eigenvalue weighted by molar-refractivity contribution is 6.30. The van der Waals surface area contributed by atoms with Gasteiger partial charge in [0.15, 0.2) is 0 Å². The first-order valence-corrected chi connectivity index (χ1v) is 6.98. The molecular weight excluding hydrogens is 290 g/mol. The molecule has 0 bridgehead atoms. The van der Waals surface area contributed by atoms with Gasteiger partial charge >= 0.3 is 0 Å². The lowest BCUT2D eigenvalue weighted by Crippen LogP contribution is -2.21. The molecule has 2 rings (SSSR count). The molecule has 0 aliphatic rings. The molecule has 0 amide bonds. The van der Waals surface area contributed by atoms with Crippen molar-refractivity contribution in [1.29, 1.82) is 0 Å². The summed E-state index contributed by atoms with van der Waals surface area (Å²) in [7, 11) is 1.55. The Hall–Kier alpha value is -1.75. The van der Waals surface area contributed by atoms with Crippen LogP contribution in [0.3, 0.4) is 0 Å². The molecule has 0 fully saturated rings. The molecule has 5 heteroatoms. The van der Waals surface area contributed by atoms with Gasteiger partial charge in [-0.3, -0.25) is 0 Å². The molecule has 0 spiro atoms. The van der Waals surface area contributed by atoms with Crippen LogP contribution in [0.1, 0.15) is 17.2 Å². The molecule has 0 saturated carbocycles. The molecule has 0 aliphatic carbocycles. The summed E-state index contributed by atoms with van der Waals surface area (Å²) in [4.78, 5) is 0. The van der Waals surface area contributed by atoms with Crippen molar-refractivity contribution in [2.45, 2.75) is 12.6 Å². The van der Waals surface area contributed by atoms with Gasteiger partial charge in [-0.1, -0.05) is 29.8 Å². The van der Waals surface area contributed by atoms with Gasteiger partial charge < -0.3 is 20.3 Å². The molecule has 0 heterocycles. The minimum Gasteiger partial charge on any atom is -0.507 e. The summed E-state index contributed by atoms with van der Waals surface area (Å²) in [5.41, 5.74) is 1.55. The zero-order valence-corrected chi connectivity index (χ0v) is 12.5. The van der Waals surface area contributed by atoms with Crippen LogP contribution in [0.4, 0.5) is 0 Å². The summed E-state index contributed by atoms with van der Waals surface area (Å²) < 4.78 is 5.03. The van der Waals surface area contributed by atoms with Crippen molar-refractivity contribution in [2.24, 2.45) is 0 Å². The summed E-state index contributed by atoms with van der Waals surface area (Å²) >= 11 is 5.81. The van der Waals surface area contributed by atoms with Crippen molar-refractivity contribution in [3.05, 3.63) is 58.6 Å². The number of ether oxygens (including phenoxy) is 1. The van der Waals surface area contributed by atoms with Gasteiger partial charge in [-0.15, -0.1) is 0 Å². The molecule has 4 nitrogen and oxygen atoms in total. The fraction of sp³-hybridized carbons (Fsp3) is 0.250. The third-order valence-corrected chi connectivity index (χ3v) is 3.45. The van der Waals surface area contributed by atoms with Crippen LogP contribution in [0.2, 0.25) is 5.02 Å². The second-order valence-corrected chi connectivity index (χ2v) is 5.13. The van der Waals surface area contributed by atoms with E-state index in [2.05, 4.69) is 5.32 Å². The average molecular weight is 308 g/mol. The Bertz CT molecular complexity index is 587. The van der Waals surface area contributed by atoms with Gasteiger partial charge in [-0.05, 0) is 23.8 Å². The highest BCUT2D eigenvalue weighted by Crippen LogP contribution is 2.23. The van der Waals surface area contributed by atoms with E-state index in [1.165, 1.54) is 0 Å². The topological polar surface area (TPSA) is 61.7 Å². The Balaban J connectivity index is 1.87. The van der Waals surface area contributed by atoms with Gasteiger partial charge in [0.1, 0.15) is 11.5 Å². The number of rotatable bonds is 6. The van der Waals surface area contributed by atoms with Crippen LogP contribution >= 0.6 is 11.6 Å². The minimum absolute atomic E-state index is 0.169. The number of hydrogen-bond donors (Lipinski definition) is 3. The predicted octanol–water partition coefficient (Wildman–Crippen LogP) is 2.88. The van der Waals surface area contributed by atoms with Gasteiger partial charge in [-0.25, -0.2) is 0 Å². The number of nitrogens with one attached hydrogen (secondary N) is 1. The normalized spacial score (nSPS) is 12.1. The Labute approximate surface area is 129 Å². The number of methoxy groups -OCH3 is 1. The minimum atomic E-state index is -0.623. The SMILES string of the molecule is COc1ccc(CNCC(O)c2ccc(Cl)cc2)c(O)c1. The van der Waals surface area contributed by atoms with E-state index in [0.29, 0.717) is 23.9 Å². The fourth-order valence-corrected chi connectivity index (χ4v) is 2.09. The Morgan fingerprint density at radius 3 is 2.52 bits per heavy atom. The van der Waals surface area contributed by atoms with Crippen molar-refractivity contribution < 1.29 is 14.9 Å². The number of aliphatic hydroxyl groups is 1. The molecule has 1 atom stereocenters. The highest BCUT2D eigenvalue weighted by atomic mass is 35.5. The van der Waals surface area contributed by atoms with Crippen LogP contribution in [-0.2, 0) is 6.54 Å². The lowest BCUT2D eigenvalue weighted by molar-refractivity contribution is 0.174. The lowest BCUT2D eigenvalue weighted by atomic mass is 10.1. The molecule has 0 aromatic heterocycles. The first-order chi connectivity index (χ1) is 10.1. The first kappa shape index (κ1) is 15.6. The number of halogens is 1. The van der Waals surface area contributed by atoms with Crippen molar-refractivity contribution in [3.63, 3.8) is 0 Å².